The number of carbonyl (C=O) groups is 2. The number of hydrazine groups is 1. The molecule has 2 rings (SSSR count). The Morgan fingerprint density at radius 3 is 2.36 bits per heavy atom. The molecule has 22 heavy (non-hydrogen) atoms. The monoisotopic (exact) mass is 301 g/mol. The lowest BCUT2D eigenvalue weighted by atomic mass is 10.2. The Balaban J connectivity index is 1.85. The zero-order chi connectivity index (χ0) is 15.9. The van der Waals surface area contributed by atoms with E-state index in [0.29, 0.717) is 0 Å². The molecule has 2 amide bonds. The molecule has 0 aliphatic rings. The Morgan fingerprint density at radius 2 is 1.68 bits per heavy atom. The first-order valence-electron chi connectivity index (χ1n) is 6.69. The molecule has 0 saturated carbocycles. The SMILES string of the molecule is CN(NC(=O)CNC(=O)c1ccccc1F)c1ccccc1. The number of carbonyl (C=O) groups excluding carboxylic acids is 2. The number of hydrogen-bond acceptors (Lipinski definition) is 3. The molecule has 0 spiro atoms. The van der Waals surface area contributed by atoms with Gasteiger partial charge in [-0.15, -0.1) is 0 Å². The highest BCUT2D eigenvalue weighted by Gasteiger charge is 2.12. The lowest BCUT2D eigenvalue weighted by Crippen LogP contribution is -2.45. The van der Waals surface area contributed by atoms with Crippen molar-refractivity contribution in [3.8, 4) is 0 Å². The maximum Gasteiger partial charge on any atom is 0.257 e. The third-order valence-electron chi connectivity index (χ3n) is 2.96. The highest BCUT2D eigenvalue weighted by molar-refractivity contribution is 5.96. The maximum atomic E-state index is 13.4. The van der Waals surface area contributed by atoms with Gasteiger partial charge in [-0.1, -0.05) is 30.3 Å². The van der Waals surface area contributed by atoms with Gasteiger partial charge in [0.2, 0.25) is 0 Å². The van der Waals surface area contributed by atoms with Gasteiger partial charge in [0.15, 0.2) is 0 Å². The fourth-order valence-electron chi connectivity index (χ4n) is 1.84. The summed E-state index contributed by atoms with van der Waals surface area (Å²) < 4.78 is 13.4. The van der Waals surface area contributed by atoms with Crippen LogP contribution in [0.25, 0.3) is 0 Å². The van der Waals surface area contributed by atoms with Gasteiger partial charge >= 0.3 is 0 Å². The maximum absolute atomic E-state index is 13.4. The van der Waals surface area contributed by atoms with Crippen LogP contribution in [0.5, 0.6) is 0 Å². The van der Waals surface area contributed by atoms with Crippen LogP contribution in [0, 0.1) is 5.82 Å². The summed E-state index contributed by atoms with van der Waals surface area (Å²) in [7, 11) is 1.69. The van der Waals surface area contributed by atoms with Gasteiger partial charge in [-0.05, 0) is 24.3 Å². The van der Waals surface area contributed by atoms with Crippen molar-refractivity contribution in [3.05, 3.63) is 66.0 Å². The molecule has 0 saturated heterocycles. The van der Waals surface area contributed by atoms with E-state index < -0.39 is 17.6 Å². The van der Waals surface area contributed by atoms with E-state index in [2.05, 4.69) is 10.7 Å². The Hall–Kier alpha value is -2.89. The van der Waals surface area contributed by atoms with Crippen LogP contribution >= 0.6 is 0 Å². The Kier molecular flexibility index (Phi) is 5.08. The van der Waals surface area contributed by atoms with E-state index in [1.54, 1.807) is 13.1 Å². The van der Waals surface area contributed by atoms with Crippen LogP contribution < -0.4 is 15.8 Å². The quantitative estimate of drug-likeness (QED) is 0.827. The van der Waals surface area contributed by atoms with Gasteiger partial charge in [0.25, 0.3) is 11.8 Å². The van der Waals surface area contributed by atoms with E-state index >= 15 is 0 Å². The van der Waals surface area contributed by atoms with E-state index in [1.807, 2.05) is 30.3 Å². The van der Waals surface area contributed by atoms with Crippen molar-refractivity contribution in [2.24, 2.45) is 0 Å². The van der Waals surface area contributed by atoms with Crippen molar-refractivity contribution in [2.45, 2.75) is 0 Å². The van der Waals surface area contributed by atoms with Crippen LogP contribution in [-0.2, 0) is 4.79 Å². The molecule has 6 heteroatoms. The summed E-state index contributed by atoms with van der Waals surface area (Å²) in [5, 5.41) is 3.92. The standard InChI is InChI=1S/C16H16FN3O2/c1-20(12-7-3-2-4-8-12)19-15(21)11-18-16(22)13-9-5-6-10-14(13)17/h2-10H,11H2,1H3,(H,18,22)(H,19,21). The molecular weight excluding hydrogens is 285 g/mol. The van der Waals surface area contributed by atoms with Crippen LogP contribution in [-0.4, -0.2) is 25.4 Å². The van der Waals surface area contributed by atoms with E-state index in [-0.39, 0.29) is 12.1 Å². The lowest BCUT2D eigenvalue weighted by molar-refractivity contribution is -0.120. The molecule has 0 fully saturated rings. The fourth-order valence-corrected chi connectivity index (χ4v) is 1.84. The molecule has 114 valence electrons. The topological polar surface area (TPSA) is 61.4 Å². The number of hydrogen-bond donors (Lipinski definition) is 2. The molecular formula is C16H16FN3O2. The average Bonchev–Trinajstić information content (AvgIpc) is 2.54. The molecule has 2 aromatic carbocycles. The summed E-state index contributed by atoms with van der Waals surface area (Å²) in [4.78, 5) is 23.6. The van der Waals surface area contributed by atoms with Crippen molar-refractivity contribution < 1.29 is 14.0 Å². The zero-order valence-corrected chi connectivity index (χ0v) is 12.0. The molecule has 0 radical (unpaired) electrons. The van der Waals surface area contributed by atoms with Crippen LogP contribution in [0.3, 0.4) is 0 Å². The number of nitrogens with one attached hydrogen (secondary N) is 2. The van der Waals surface area contributed by atoms with Gasteiger partial charge in [0.05, 0.1) is 17.8 Å². The number of halogens is 1. The van der Waals surface area contributed by atoms with Gasteiger partial charge in [0, 0.05) is 7.05 Å². The van der Waals surface area contributed by atoms with E-state index in [4.69, 9.17) is 0 Å². The number of nitrogens with zero attached hydrogens (tertiary/aromatic N) is 1. The molecule has 0 heterocycles. The molecule has 0 bridgehead atoms. The summed E-state index contributed by atoms with van der Waals surface area (Å²) in [6.45, 7) is -0.246. The minimum atomic E-state index is -0.629. The number of para-hydroxylation sites is 1. The van der Waals surface area contributed by atoms with Crippen LogP contribution in [0.1, 0.15) is 10.4 Å². The molecule has 0 aliphatic heterocycles. The molecule has 0 unspecified atom stereocenters. The summed E-state index contributed by atoms with van der Waals surface area (Å²) in [5.41, 5.74) is 3.31. The Bertz CT molecular complexity index is 661. The highest BCUT2D eigenvalue weighted by atomic mass is 19.1. The second-order valence-electron chi connectivity index (χ2n) is 4.59. The van der Waals surface area contributed by atoms with E-state index in [1.165, 1.54) is 23.2 Å². The fraction of sp³-hybridized carbons (Fsp3) is 0.125. The van der Waals surface area contributed by atoms with Crippen LogP contribution in [0.15, 0.2) is 54.6 Å². The molecule has 5 nitrogen and oxygen atoms in total. The van der Waals surface area contributed by atoms with Gasteiger partial charge in [-0.2, -0.15) is 0 Å². The van der Waals surface area contributed by atoms with Crippen molar-refractivity contribution in [1.29, 1.82) is 0 Å². The van der Waals surface area contributed by atoms with Crippen molar-refractivity contribution >= 4 is 17.5 Å². The first kappa shape index (κ1) is 15.5. The van der Waals surface area contributed by atoms with Gasteiger partial charge in [-0.3, -0.25) is 20.0 Å². The third kappa shape index (κ3) is 4.05. The summed E-state index contributed by atoms with van der Waals surface area (Å²) in [6.07, 6.45) is 0. The minimum Gasteiger partial charge on any atom is -0.343 e. The summed E-state index contributed by atoms with van der Waals surface area (Å²) in [6, 6.07) is 14.8. The molecule has 2 aromatic rings. The molecule has 0 aliphatic carbocycles. The minimum absolute atomic E-state index is 0.0910. The number of benzene rings is 2. The summed E-state index contributed by atoms with van der Waals surface area (Å²) >= 11 is 0. The van der Waals surface area contributed by atoms with E-state index in [0.717, 1.165) is 5.69 Å². The first-order chi connectivity index (χ1) is 10.6. The zero-order valence-electron chi connectivity index (χ0n) is 12.0. The lowest BCUT2D eigenvalue weighted by Gasteiger charge is -2.20. The Morgan fingerprint density at radius 1 is 1.05 bits per heavy atom. The predicted octanol–water partition coefficient (Wildman–Crippen LogP) is 1.72. The largest absolute Gasteiger partial charge is 0.343 e. The van der Waals surface area contributed by atoms with Crippen molar-refractivity contribution in [1.82, 2.24) is 10.7 Å². The molecule has 2 N–H and O–H groups in total. The predicted molar refractivity (Wildman–Crippen MR) is 81.7 cm³/mol. The third-order valence-corrected chi connectivity index (χ3v) is 2.96. The second-order valence-corrected chi connectivity index (χ2v) is 4.59. The Labute approximate surface area is 127 Å². The highest BCUT2D eigenvalue weighted by Crippen LogP contribution is 2.08. The first-order valence-corrected chi connectivity index (χ1v) is 6.69. The van der Waals surface area contributed by atoms with Gasteiger partial charge < -0.3 is 5.32 Å². The van der Waals surface area contributed by atoms with Crippen LogP contribution in [0.2, 0.25) is 0 Å². The van der Waals surface area contributed by atoms with Crippen molar-refractivity contribution in [3.63, 3.8) is 0 Å². The normalized spacial score (nSPS) is 9.91. The smallest absolute Gasteiger partial charge is 0.257 e. The van der Waals surface area contributed by atoms with Crippen molar-refractivity contribution in [2.75, 3.05) is 18.6 Å². The molecule has 0 aromatic heterocycles. The van der Waals surface area contributed by atoms with Crippen LogP contribution in [0.4, 0.5) is 10.1 Å². The van der Waals surface area contributed by atoms with E-state index in [9.17, 15) is 14.0 Å². The van der Waals surface area contributed by atoms with Gasteiger partial charge in [-0.25, -0.2) is 4.39 Å². The number of anilines is 1. The number of amides is 2. The average molecular weight is 301 g/mol. The molecule has 0 atom stereocenters. The summed E-state index contributed by atoms with van der Waals surface area (Å²) in [5.74, 6) is -1.66. The van der Waals surface area contributed by atoms with Gasteiger partial charge in [0.1, 0.15) is 5.82 Å². The number of rotatable bonds is 5. The second kappa shape index (κ2) is 7.21.